The molecule has 1 N–H and O–H groups in total. The average molecular weight is 359 g/mol. The van der Waals surface area contributed by atoms with Gasteiger partial charge in [-0.3, -0.25) is 4.79 Å². The molecule has 1 aromatic heterocycles. The van der Waals surface area contributed by atoms with Crippen LogP contribution in [-0.2, 0) is 12.8 Å². The molecule has 1 amide bonds. The van der Waals surface area contributed by atoms with Crippen LogP contribution in [0.15, 0.2) is 42.5 Å². The smallest absolute Gasteiger partial charge is 0.253 e. The molecule has 0 atom stereocenters. The number of fused-ring (bicyclic) bond motifs is 3. The minimum Gasteiger partial charge on any atom is -0.358 e. The molecule has 2 aromatic carbocycles. The Balaban J connectivity index is 1.59. The molecular weight excluding hydrogens is 343 g/mol. The highest BCUT2D eigenvalue weighted by Gasteiger charge is 2.22. The topological polar surface area (TPSA) is 36.1 Å². The zero-order valence-electron chi connectivity index (χ0n) is 13.0. The molecule has 24 heavy (non-hydrogen) atoms. The van der Waals surface area contributed by atoms with Crippen LogP contribution in [0.3, 0.4) is 0 Å². The molecule has 0 saturated heterocycles. The summed E-state index contributed by atoms with van der Waals surface area (Å²) in [6, 6.07) is 13.4. The van der Waals surface area contributed by atoms with Crippen molar-refractivity contribution in [2.24, 2.45) is 0 Å². The third kappa shape index (κ3) is 2.68. The van der Waals surface area contributed by atoms with Crippen molar-refractivity contribution in [3.63, 3.8) is 0 Å². The lowest BCUT2D eigenvalue weighted by molar-refractivity contribution is 0.0763. The molecule has 0 unspecified atom stereocenters. The molecule has 3 aromatic rings. The van der Waals surface area contributed by atoms with Gasteiger partial charge in [-0.2, -0.15) is 0 Å². The summed E-state index contributed by atoms with van der Waals surface area (Å²) in [4.78, 5) is 18.2. The van der Waals surface area contributed by atoms with Gasteiger partial charge in [0.25, 0.3) is 5.91 Å². The van der Waals surface area contributed by atoms with E-state index in [9.17, 15) is 4.79 Å². The third-order valence-corrected chi connectivity index (χ3v) is 5.36. The summed E-state index contributed by atoms with van der Waals surface area (Å²) < 4.78 is 0. The van der Waals surface area contributed by atoms with Gasteiger partial charge in [0.2, 0.25) is 0 Å². The molecule has 2 heterocycles. The van der Waals surface area contributed by atoms with E-state index in [2.05, 4.69) is 23.2 Å². The van der Waals surface area contributed by atoms with E-state index in [-0.39, 0.29) is 5.91 Å². The number of nitrogens with zero attached hydrogens (tertiary/aromatic N) is 1. The molecule has 122 valence electrons. The molecule has 0 saturated carbocycles. The molecular formula is C19H16Cl2N2O. The standard InChI is InChI=1S/C19H16Cl2N2O/c20-15-6-5-12(11-16(15)21)19(24)23-9-7-14-13-3-1-2-4-17(13)22-18(14)8-10-23/h1-6,11,22H,7-10H2. The quantitative estimate of drug-likeness (QED) is 0.671. The number of para-hydroxylation sites is 1. The van der Waals surface area contributed by atoms with Crippen molar-refractivity contribution in [1.29, 1.82) is 0 Å². The number of carbonyl (C=O) groups excluding carboxylic acids is 1. The second-order valence-electron chi connectivity index (χ2n) is 6.05. The lowest BCUT2D eigenvalue weighted by Crippen LogP contribution is -2.33. The van der Waals surface area contributed by atoms with Crippen LogP contribution < -0.4 is 0 Å². The van der Waals surface area contributed by atoms with Crippen LogP contribution in [0.5, 0.6) is 0 Å². The molecule has 1 aliphatic heterocycles. The van der Waals surface area contributed by atoms with E-state index >= 15 is 0 Å². The minimum absolute atomic E-state index is 0.00280. The van der Waals surface area contributed by atoms with E-state index in [0.717, 1.165) is 12.8 Å². The van der Waals surface area contributed by atoms with Crippen molar-refractivity contribution in [2.75, 3.05) is 13.1 Å². The van der Waals surface area contributed by atoms with E-state index in [4.69, 9.17) is 23.2 Å². The highest BCUT2D eigenvalue weighted by Crippen LogP contribution is 2.27. The number of carbonyl (C=O) groups is 1. The number of rotatable bonds is 1. The van der Waals surface area contributed by atoms with Gasteiger partial charge in [0.05, 0.1) is 10.0 Å². The van der Waals surface area contributed by atoms with Gasteiger partial charge in [-0.15, -0.1) is 0 Å². The zero-order chi connectivity index (χ0) is 16.7. The first kappa shape index (κ1) is 15.6. The Morgan fingerprint density at radius 3 is 2.62 bits per heavy atom. The fraction of sp³-hybridized carbons (Fsp3) is 0.211. The maximum atomic E-state index is 12.8. The fourth-order valence-electron chi connectivity index (χ4n) is 3.37. The van der Waals surface area contributed by atoms with Crippen LogP contribution in [-0.4, -0.2) is 28.9 Å². The zero-order valence-corrected chi connectivity index (χ0v) is 14.5. The monoisotopic (exact) mass is 358 g/mol. The Bertz CT molecular complexity index is 932. The lowest BCUT2D eigenvalue weighted by atomic mass is 10.1. The van der Waals surface area contributed by atoms with Gasteiger partial charge >= 0.3 is 0 Å². The summed E-state index contributed by atoms with van der Waals surface area (Å²) in [5.74, 6) is 0.00280. The van der Waals surface area contributed by atoms with Crippen LogP contribution >= 0.6 is 23.2 Å². The van der Waals surface area contributed by atoms with Crippen LogP contribution in [0.4, 0.5) is 0 Å². The summed E-state index contributed by atoms with van der Waals surface area (Å²) in [6.45, 7) is 1.40. The number of benzene rings is 2. The number of nitrogens with one attached hydrogen (secondary N) is 1. The molecule has 1 aliphatic rings. The highest BCUT2D eigenvalue weighted by atomic mass is 35.5. The van der Waals surface area contributed by atoms with E-state index in [0.29, 0.717) is 28.7 Å². The minimum atomic E-state index is 0.00280. The maximum Gasteiger partial charge on any atom is 0.253 e. The Hall–Kier alpha value is -1.97. The normalized spacial score (nSPS) is 14.5. The number of aromatic amines is 1. The van der Waals surface area contributed by atoms with Gasteiger partial charge < -0.3 is 9.88 Å². The van der Waals surface area contributed by atoms with Gasteiger partial charge in [-0.25, -0.2) is 0 Å². The second-order valence-corrected chi connectivity index (χ2v) is 6.86. The molecule has 0 fully saturated rings. The Morgan fingerprint density at radius 1 is 1.00 bits per heavy atom. The fourth-order valence-corrected chi connectivity index (χ4v) is 3.67. The Kier molecular flexibility index (Phi) is 3.99. The number of H-pyrrole nitrogens is 1. The van der Waals surface area contributed by atoms with Crippen molar-refractivity contribution in [3.8, 4) is 0 Å². The summed E-state index contributed by atoms with van der Waals surface area (Å²) >= 11 is 12.0. The SMILES string of the molecule is O=C(c1ccc(Cl)c(Cl)c1)N1CCc2[nH]c3ccccc3c2CC1. The van der Waals surface area contributed by atoms with Crippen molar-refractivity contribution >= 4 is 40.0 Å². The van der Waals surface area contributed by atoms with E-state index in [1.807, 2.05) is 11.0 Å². The number of hydrogen-bond donors (Lipinski definition) is 1. The van der Waals surface area contributed by atoms with E-state index in [1.165, 1.54) is 22.2 Å². The predicted molar refractivity (Wildman–Crippen MR) is 98.1 cm³/mol. The first-order chi connectivity index (χ1) is 11.6. The number of aromatic nitrogens is 1. The van der Waals surface area contributed by atoms with Crippen molar-refractivity contribution in [1.82, 2.24) is 9.88 Å². The van der Waals surface area contributed by atoms with Gasteiger partial charge in [-0.1, -0.05) is 41.4 Å². The molecule has 3 nitrogen and oxygen atoms in total. The van der Waals surface area contributed by atoms with Crippen molar-refractivity contribution in [2.45, 2.75) is 12.8 Å². The van der Waals surface area contributed by atoms with Gasteiger partial charge in [0.1, 0.15) is 0 Å². The van der Waals surface area contributed by atoms with Crippen LogP contribution in [0.2, 0.25) is 10.0 Å². The van der Waals surface area contributed by atoms with Gasteiger partial charge in [-0.05, 0) is 36.2 Å². The van der Waals surface area contributed by atoms with Crippen LogP contribution in [0.1, 0.15) is 21.6 Å². The van der Waals surface area contributed by atoms with Crippen LogP contribution in [0.25, 0.3) is 10.9 Å². The van der Waals surface area contributed by atoms with E-state index in [1.54, 1.807) is 18.2 Å². The average Bonchev–Trinajstić information content (AvgIpc) is 2.81. The first-order valence-electron chi connectivity index (χ1n) is 7.96. The molecule has 0 radical (unpaired) electrons. The number of amides is 1. The van der Waals surface area contributed by atoms with Gasteiger partial charge in [0, 0.05) is 41.7 Å². The van der Waals surface area contributed by atoms with E-state index < -0.39 is 0 Å². The van der Waals surface area contributed by atoms with Crippen LogP contribution in [0, 0.1) is 0 Å². The van der Waals surface area contributed by atoms with Crippen molar-refractivity contribution in [3.05, 3.63) is 69.3 Å². The van der Waals surface area contributed by atoms with Gasteiger partial charge in [0.15, 0.2) is 0 Å². The van der Waals surface area contributed by atoms with Crippen molar-refractivity contribution < 1.29 is 4.79 Å². The molecule has 0 aliphatic carbocycles. The summed E-state index contributed by atoms with van der Waals surface area (Å²) in [5.41, 5.74) is 4.32. The second kappa shape index (κ2) is 6.15. The number of halogens is 2. The Morgan fingerprint density at radius 2 is 1.79 bits per heavy atom. The molecule has 0 spiro atoms. The summed E-state index contributed by atoms with van der Waals surface area (Å²) in [7, 11) is 0. The predicted octanol–water partition coefficient (Wildman–Crippen LogP) is 4.72. The maximum absolute atomic E-state index is 12.8. The summed E-state index contributed by atoms with van der Waals surface area (Å²) in [5, 5.41) is 2.13. The first-order valence-corrected chi connectivity index (χ1v) is 8.72. The largest absolute Gasteiger partial charge is 0.358 e. The summed E-state index contributed by atoms with van der Waals surface area (Å²) in [6.07, 6.45) is 1.68. The molecule has 5 heteroatoms. The third-order valence-electron chi connectivity index (χ3n) is 4.62. The number of hydrogen-bond acceptors (Lipinski definition) is 1. The molecule has 0 bridgehead atoms. The Labute approximate surface area is 150 Å². The highest BCUT2D eigenvalue weighted by molar-refractivity contribution is 6.42. The lowest BCUT2D eigenvalue weighted by Gasteiger charge is -2.20. The molecule has 4 rings (SSSR count).